The van der Waals surface area contributed by atoms with Crippen molar-refractivity contribution in [1.29, 1.82) is 0 Å². The molecule has 5 aliphatic carbocycles. The maximum Gasteiger partial charge on any atom is 0.310 e. The molecule has 5 aliphatic rings. The molecular formula is C30H44O5. The van der Waals surface area contributed by atoms with Gasteiger partial charge in [0.1, 0.15) is 5.78 Å². The van der Waals surface area contributed by atoms with Crippen molar-refractivity contribution in [2.75, 3.05) is 0 Å². The fourth-order valence-corrected chi connectivity index (χ4v) is 10.3. The van der Waals surface area contributed by atoms with Crippen LogP contribution >= 0.6 is 0 Å². The predicted octanol–water partition coefficient (Wildman–Crippen LogP) is 5.16. The number of Topliss-reactive ketones (excluding diaryl/α,β-unsaturated/α-hetero) is 1. The van der Waals surface area contributed by atoms with E-state index in [2.05, 4.69) is 47.3 Å². The first-order valence-corrected chi connectivity index (χ1v) is 13.6. The number of carboxylic acids is 1. The largest absolute Gasteiger partial charge is 0.481 e. The smallest absolute Gasteiger partial charge is 0.310 e. The molecule has 0 amide bonds. The van der Waals surface area contributed by atoms with Crippen LogP contribution in [0.25, 0.3) is 0 Å². The Hall–Kier alpha value is -1.46. The molecule has 194 valence electrons. The number of carboxylic acid groups (broad SMARTS) is 1. The minimum absolute atomic E-state index is 0.0598. The number of aliphatic hydroxyl groups is 2. The number of aliphatic hydroxyl groups excluding tert-OH is 2. The predicted molar refractivity (Wildman–Crippen MR) is 134 cm³/mol. The maximum atomic E-state index is 14.3. The molecule has 0 aromatic carbocycles. The summed E-state index contributed by atoms with van der Waals surface area (Å²) in [6.45, 7) is 17.2. The van der Waals surface area contributed by atoms with E-state index in [1.165, 1.54) is 0 Å². The van der Waals surface area contributed by atoms with Gasteiger partial charge in [0.2, 0.25) is 0 Å². The van der Waals surface area contributed by atoms with Gasteiger partial charge in [-0.25, -0.2) is 0 Å². The Labute approximate surface area is 210 Å². The molecule has 0 radical (unpaired) electrons. The van der Waals surface area contributed by atoms with Crippen molar-refractivity contribution in [3.05, 3.63) is 23.8 Å². The van der Waals surface area contributed by atoms with Crippen molar-refractivity contribution >= 4 is 11.8 Å². The van der Waals surface area contributed by atoms with Crippen LogP contribution in [-0.2, 0) is 9.59 Å². The molecule has 4 fully saturated rings. The van der Waals surface area contributed by atoms with Crippen molar-refractivity contribution in [3.8, 4) is 0 Å². The molecule has 5 nitrogen and oxygen atoms in total. The summed E-state index contributed by atoms with van der Waals surface area (Å²) in [5.74, 6) is -0.673. The van der Waals surface area contributed by atoms with Crippen LogP contribution in [0.4, 0.5) is 0 Å². The lowest BCUT2D eigenvalue weighted by atomic mass is 9.33. The van der Waals surface area contributed by atoms with E-state index in [-0.39, 0.29) is 46.7 Å². The summed E-state index contributed by atoms with van der Waals surface area (Å²) < 4.78 is 0. The molecule has 0 spiro atoms. The van der Waals surface area contributed by atoms with Crippen molar-refractivity contribution in [3.63, 3.8) is 0 Å². The molecule has 0 bridgehead atoms. The second-order valence-corrected chi connectivity index (χ2v) is 14.1. The van der Waals surface area contributed by atoms with Crippen LogP contribution in [-0.4, -0.2) is 39.3 Å². The zero-order valence-electron chi connectivity index (χ0n) is 22.4. The quantitative estimate of drug-likeness (QED) is 0.447. The summed E-state index contributed by atoms with van der Waals surface area (Å²) in [5.41, 5.74) is -0.563. The topological polar surface area (TPSA) is 94.8 Å². The first kappa shape index (κ1) is 25.2. The zero-order valence-corrected chi connectivity index (χ0v) is 22.4. The third-order valence-electron chi connectivity index (χ3n) is 12.8. The second kappa shape index (κ2) is 7.31. The Morgan fingerprint density at radius 3 is 2.34 bits per heavy atom. The van der Waals surface area contributed by atoms with E-state index < -0.39 is 34.4 Å². The zero-order chi connectivity index (χ0) is 25.9. The fourth-order valence-electron chi connectivity index (χ4n) is 10.3. The van der Waals surface area contributed by atoms with Crippen molar-refractivity contribution in [2.24, 2.45) is 50.7 Å². The Kier molecular flexibility index (Phi) is 5.26. The average molecular weight is 485 g/mol. The lowest BCUT2D eigenvalue weighted by molar-refractivity contribution is -0.204. The molecule has 0 saturated heterocycles. The fraction of sp³-hybridized carbons (Fsp3) is 0.800. The number of hydrogen-bond acceptors (Lipinski definition) is 4. The molecule has 0 aromatic rings. The van der Waals surface area contributed by atoms with Crippen LogP contribution in [0.2, 0.25) is 0 Å². The maximum absolute atomic E-state index is 14.3. The van der Waals surface area contributed by atoms with E-state index in [1.807, 2.05) is 6.92 Å². The third kappa shape index (κ3) is 2.78. The standard InChI is InChI=1S/C30H44O5/c1-16-17(2)24-18-8-9-20-27(5)11-10-22(32)26(3,4)21(27)14-23(33)29(20,7)28(18,6)12-13-30(24,25(34)35)15-19(16)31/h8,17,19-22,24,31-32H,1,9-15H2,2-7H3,(H,34,35)/t17-,19+,20-,21+,22+,24+,27-,28-,29+,30-/m1/s1. The van der Waals surface area contributed by atoms with Crippen molar-refractivity contribution in [2.45, 2.75) is 98.7 Å². The SMILES string of the molecule is C=C1[C@@H](C)[C@H]2C3=CC[C@@H]4[C@@]5(C)CC[C@H](O)C(C)(C)[C@@H]5CC(=O)[C@@]4(C)[C@]3(C)CC[C@@]2(C(=O)O)C[C@@H]1O. The Morgan fingerprint density at radius 1 is 1.06 bits per heavy atom. The van der Waals surface area contributed by atoms with E-state index in [4.69, 9.17) is 0 Å². The van der Waals surface area contributed by atoms with Gasteiger partial charge in [-0.3, -0.25) is 9.59 Å². The van der Waals surface area contributed by atoms with Gasteiger partial charge in [-0.05, 0) is 72.7 Å². The van der Waals surface area contributed by atoms with Gasteiger partial charge in [0, 0.05) is 23.2 Å². The van der Waals surface area contributed by atoms with Gasteiger partial charge in [-0.1, -0.05) is 59.8 Å². The van der Waals surface area contributed by atoms with Crippen LogP contribution < -0.4 is 0 Å². The molecule has 0 unspecified atom stereocenters. The van der Waals surface area contributed by atoms with Gasteiger partial charge in [0.25, 0.3) is 0 Å². The Bertz CT molecular complexity index is 1030. The van der Waals surface area contributed by atoms with Crippen LogP contribution in [0.5, 0.6) is 0 Å². The molecule has 0 heterocycles. The molecule has 4 saturated carbocycles. The highest BCUT2D eigenvalue weighted by molar-refractivity contribution is 5.89. The minimum Gasteiger partial charge on any atom is -0.481 e. The van der Waals surface area contributed by atoms with E-state index in [0.717, 1.165) is 24.8 Å². The number of rotatable bonds is 1. The average Bonchev–Trinajstić information content (AvgIpc) is 2.78. The van der Waals surface area contributed by atoms with Crippen LogP contribution in [0.1, 0.15) is 86.5 Å². The number of allylic oxidation sites excluding steroid dienone is 2. The highest BCUT2D eigenvalue weighted by Crippen LogP contribution is 2.74. The molecule has 0 aromatic heterocycles. The lowest BCUT2D eigenvalue weighted by Gasteiger charge is -2.70. The summed E-state index contributed by atoms with van der Waals surface area (Å²) in [4.78, 5) is 27.1. The molecule has 0 aliphatic heterocycles. The van der Waals surface area contributed by atoms with E-state index >= 15 is 0 Å². The summed E-state index contributed by atoms with van der Waals surface area (Å²) in [6.07, 6.45) is 5.32. The first-order valence-electron chi connectivity index (χ1n) is 13.6. The molecular weight excluding hydrogens is 440 g/mol. The molecule has 3 N–H and O–H groups in total. The highest BCUT2D eigenvalue weighted by Gasteiger charge is 2.72. The molecule has 10 atom stereocenters. The molecule has 5 rings (SSSR count). The number of aliphatic carboxylic acids is 1. The number of ketones is 1. The van der Waals surface area contributed by atoms with E-state index in [9.17, 15) is 24.9 Å². The van der Waals surface area contributed by atoms with E-state index in [0.29, 0.717) is 24.8 Å². The second-order valence-electron chi connectivity index (χ2n) is 14.1. The van der Waals surface area contributed by atoms with Gasteiger partial charge < -0.3 is 15.3 Å². The third-order valence-corrected chi connectivity index (χ3v) is 12.8. The van der Waals surface area contributed by atoms with Gasteiger partial charge in [-0.15, -0.1) is 0 Å². The minimum atomic E-state index is -1.02. The lowest BCUT2D eigenvalue weighted by Crippen LogP contribution is -2.68. The van der Waals surface area contributed by atoms with Crippen LogP contribution in [0.15, 0.2) is 23.8 Å². The number of carbonyl (C=O) groups is 2. The normalized spacial score (nSPS) is 53.0. The molecule has 35 heavy (non-hydrogen) atoms. The Balaban J connectivity index is 1.67. The van der Waals surface area contributed by atoms with Crippen LogP contribution in [0, 0.1) is 50.7 Å². The summed E-state index contributed by atoms with van der Waals surface area (Å²) >= 11 is 0. The highest BCUT2D eigenvalue weighted by atomic mass is 16.4. The van der Waals surface area contributed by atoms with Gasteiger partial charge >= 0.3 is 5.97 Å². The monoisotopic (exact) mass is 484 g/mol. The number of hydrogen-bond donors (Lipinski definition) is 3. The van der Waals surface area contributed by atoms with Gasteiger partial charge in [0.05, 0.1) is 17.6 Å². The number of carbonyl (C=O) groups excluding carboxylic acids is 1. The summed E-state index contributed by atoms with van der Waals surface area (Å²) in [6, 6.07) is 0. The summed E-state index contributed by atoms with van der Waals surface area (Å²) in [5, 5.41) is 32.1. The molecule has 5 heteroatoms. The van der Waals surface area contributed by atoms with Crippen molar-refractivity contribution < 1.29 is 24.9 Å². The van der Waals surface area contributed by atoms with Crippen molar-refractivity contribution in [1.82, 2.24) is 0 Å². The van der Waals surface area contributed by atoms with Crippen LogP contribution in [0.3, 0.4) is 0 Å². The Morgan fingerprint density at radius 2 is 1.71 bits per heavy atom. The summed E-state index contributed by atoms with van der Waals surface area (Å²) in [7, 11) is 0. The number of fused-ring (bicyclic) bond motifs is 7. The first-order chi connectivity index (χ1) is 16.1. The van der Waals surface area contributed by atoms with Gasteiger partial charge in [-0.2, -0.15) is 0 Å². The van der Waals surface area contributed by atoms with E-state index in [1.54, 1.807) is 0 Å². The van der Waals surface area contributed by atoms with Gasteiger partial charge in [0.15, 0.2) is 0 Å².